The molecule has 0 saturated heterocycles. The smallest absolute Gasteiger partial charge is 0.0562 e. The highest BCUT2D eigenvalue weighted by molar-refractivity contribution is 7.09. The minimum atomic E-state index is 0.440. The fraction of sp³-hybridized carbons (Fsp3) is 0.588. The second kappa shape index (κ2) is 6.14. The molecule has 0 amide bonds. The Labute approximate surface area is 135 Å². The Morgan fingerprint density at radius 3 is 3.05 bits per heavy atom. The lowest BCUT2D eigenvalue weighted by molar-refractivity contribution is 0.0872. The van der Waals surface area contributed by atoms with E-state index in [0.29, 0.717) is 5.92 Å². The molecule has 22 heavy (non-hydrogen) atoms. The number of thiophene rings is 1. The number of hydrogen-bond acceptors (Lipinski definition) is 4. The van der Waals surface area contributed by atoms with Crippen LogP contribution >= 0.6 is 11.3 Å². The Hall–Kier alpha value is -1.17. The molecule has 0 aromatic carbocycles. The number of aromatic nitrogens is 2. The minimum Gasteiger partial charge on any atom is -0.380 e. The van der Waals surface area contributed by atoms with E-state index in [4.69, 9.17) is 4.74 Å². The highest BCUT2D eigenvalue weighted by Crippen LogP contribution is 2.32. The topological polar surface area (TPSA) is 30.3 Å². The Balaban J connectivity index is 1.46. The van der Waals surface area contributed by atoms with Gasteiger partial charge in [-0.1, -0.05) is 6.07 Å². The van der Waals surface area contributed by atoms with Crippen molar-refractivity contribution < 1.29 is 4.74 Å². The molecule has 2 aliphatic rings. The third-order valence-electron chi connectivity index (χ3n) is 4.65. The molecule has 4 nitrogen and oxygen atoms in total. The number of rotatable bonds is 6. The standard InChI is InChI=1S/C17H23N3OS/c1-19-17-14(7-18-19)8-20(10-16-3-2-6-22-16)9-15(17)12-21-11-13-4-5-13/h2-3,6-7,13,15H,4-5,8-12H2,1H3/t15-/m0/s1. The molecule has 118 valence electrons. The van der Waals surface area contributed by atoms with Crippen LogP contribution in [0, 0.1) is 5.92 Å². The van der Waals surface area contributed by atoms with E-state index in [1.165, 1.54) is 29.0 Å². The van der Waals surface area contributed by atoms with Crippen molar-refractivity contribution in [1.82, 2.24) is 14.7 Å². The zero-order valence-electron chi connectivity index (χ0n) is 13.1. The summed E-state index contributed by atoms with van der Waals surface area (Å²) in [5.41, 5.74) is 2.74. The lowest BCUT2D eigenvalue weighted by Gasteiger charge is -2.32. The van der Waals surface area contributed by atoms with Crippen LogP contribution in [0.4, 0.5) is 0 Å². The monoisotopic (exact) mass is 317 g/mol. The van der Waals surface area contributed by atoms with Gasteiger partial charge in [-0.25, -0.2) is 0 Å². The van der Waals surface area contributed by atoms with Crippen molar-refractivity contribution in [2.75, 3.05) is 19.8 Å². The molecular weight excluding hydrogens is 294 g/mol. The number of nitrogens with zero attached hydrogens (tertiary/aromatic N) is 3. The quantitative estimate of drug-likeness (QED) is 0.820. The van der Waals surface area contributed by atoms with Gasteiger partial charge >= 0.3 is 0 Å². The highest BCUT2D eigenvalue weighted by atomic mass is 32.1. The van der Waals surface area contributed by atoms with Crippen molar-refractivity contribution >= 4 is 11.3 Å². The van der Waals surface area contributed by atoms with Gasteiger partial charge in [0.25, 0.3) is 0 Å². The van der Waals surface area contributed by atoms with Crippen LogP contribution in [0.15, 0.2) is 23.7 Å². The lowest BCUT2D eigenvalue weighted by Crippen LogP contribution is -2.35. The molecule has 0 bridgehead atoms. The van der Waals surface area contributed by atoms with Gasteiger partial charge in [-0.2, -0.15) is 5.10 Å². The average molecular weight is 317 g/mol. The van der Waals surface area contributed by atoms with Gasteiger partial charge in [0.05, 0.1) is 12.8 Å². The van der Waals surface area contributed by atoms with Gasteiger partial charge in [-0.15, -0.1) is 11.3 Å². The molecule has 4 rings (SSSR count). The van der Waals surface area contributed by atoms with Crippen LogP contribution in [-0.2, 0) is 24.9 Å². The lowest BCUT2D eigenvalue weighted by atomic mass is 9.97. The van der Waals surface area contributed by atoms with Crippen LogP contribution in [0.3, 0.4) is 0 Å². The van der Waals surface area contributed by atoms with Crippen LogP contribution in [0.25, 0.3) is 0 Å². The molecule has 1 saturated carbocycles. The van der Waals surface area contributed by atoms with Crippen LogP contribution in [0.5, 0.6) is 0 Å². The van der Waals surface area contributed by atoms with Crippen LogP contribution in [0.2, 0.25) is 0 Å². The van der Waals surface area contributed by atoms with Gasteiger partial charge in [0.2, 0.25) is 0 Å². The molecule has 0 spiro atoms. The number of aryl methyl sites for hydroxylation is 1. The van der Waals surface area contributed by atoms with Gasteiger partial charge < -0.3 is 4.74 Å². The molecule has 1 aliphatic heterocycles. The van der Waals surface area contributed by atoms with Gasteiger partial charge in [0.15, 0.2) is 0 Å². The maximum Gasteiger partial charge on any atom is 0.0562 e. The maximum absolute atomic E-state index is 6.00. The predicted molar refractivity (Wildman–Crippen MR) is 87.9 cm³/mol. The van der Waals surface area contributed by atoms with E-state index in [1.807, 2.05) is 22.2 Å². The van der Waals surface area contributed by atoms with Gasteiger partial charge in [-0.05, 0) is 30.2 Å². The molecular formula is C17H23N3OS. The summed E-state index contributed by atoms with van der Waals surface area (Å²) in [6, 6.07) is 4.36. The Morgan fingerprint density at radius 1 is 1.36 bits per heavy atom. The summed E-state index contributed by atoms with van der Waals surface area (Å²) >= 11 is 1.84. The molecule has 2 aromatic rings. The van der Waals surface area contributed by atoms with E-state index in [1.54, 1.807) is 0 Å². The fourth-order valence-electron chi connectivity index (χ4n) is 3.38. The summed E-state index contributed by atoms with van der Waals surface area (Å²) in [6.45, 7) is 4.86. The number of hydrogen-bond donors (Lipinski definition) is 0. The Bertz CT molecular complexity index is 618. The predicted octanol–water partition coefficient (Wildman–Crippen LogP) is 3.01. The summed E-state index contributed by atoms with van der Waals surface area (Å²) in [5.74, 6) is 1.27. The van der Waals surface area contributed by atoms with Crippen LogP contribution < -0.4 is 0 Å². The molecule has 1 aliphatic carbocycles. The minimum absolute atomic E-state index is 0.440. The summed E-state index contributed by atoms with van der Waals surface area (Å²) < 4.78 is 8.04. The van der Waals surface area contributed by atoms with Gasteiger partial charge in [0.1, 0.15) is 0 Å². The van der Waals surface area contributed by atoms with E-state index in [2.05, 4.69) is 34.6 Å². The van der Waals surface area contributed by atoms with E-state index in [0.717, 1.165) is 38.8 Å². The first-order chi connectivity index (χ1) is 10.8. The number of fused-ring (bicyclic) bond motifs is 1. The molecule has 1 atom stereocenters. The van der Waals surface area contributed by atoms with E-state index >= 15 is 0 Å². The maximum atomic E-state index is 6.00. The third-order valence-corrected chi connectivity index (χ3v) is 5.51. The molecule has 0 unspecified atom stereocenters. The van der Waals surface area contributed by atoms with Crippen molar-refractivity contribution in [2.45, 2.75) is 31.8 Å². The summed E-state index contributed by atoms with van der Waals surface area (Å²) in [7, 11) is 2.06. The second-order valence-electron chi connectivity index (χ2n) is 6.61. The Kier molecular flexibility index (Phi) is 4.03. The zero-order valence-corrected chi connectivity index (χ0v) is 13.9. The van der Waals surface area contributed by atoms with E-state index in [9.17, 15) is 0 Å². The normalized spacial score (nSPS) is 22.0. The first kappa shape index (κ1) is 14.4. The van der Waals surface area contributed by atoms with Crippen molar-refractivity contribution in [1.29, 1.82) is 0 Å². The molecule has 0 N–H and O–H groups in total. The molecule has 3 heterocycles. The fourth-order valence-corrected chi connectivity index (χ4v) is 4.13. The van der Waals surface area contributed by atoms with Crippen LogP contribution in [0.1, 0.15) is 34.9 Å². The zero-order chi connectivity index (χ0) is 14.9. The van der Waals surface area contributed by atoms with Crippen molar-refractivity contribution in [3.8, 4) is 0 Å². The van der Waals surface area contributed by atoms with E-state index in [-0.39, 0.29) is 0 Å². The summed E-state index contributed by atoms with van der Waals surface area (Å²) in [4.78, 5) is 3.96. The van der Waals surface area contributed by atoms with Crippen molar-refractivity contribution in [3.05, 3.63) is 39.8 Å². The highest BCUT2D eigenvalue weighted by Gasteiger charge is 2.30. The van der Waals surface area contributed by atoms with E-state index < -0.39 is 0 Å². The van der Waals surface area contributed by atoms with Crippen LogP contribution in [-0.4, -0.2) is 34.4 Å². The summed E-state index contributed by atoms with van der Waals surface area (Å²) in [5, 5.41) is 6.63. The average Bonchev–Trinajstić information content (AvgIpc) is 3.04. The van der Waals surface area contributed by atoms with Gasteiger partial charge in [0, 0.05) is 55.3 Å². The second-order valence-corrected chi connectivity index (χ2v) is 7.64. The van der Waals surface area contributed by atoms with Crippen molar-refractivity contribution in [2.24, 2.45) is 13.0 Å². The molecule has 0 radical (unpaired) electrons. The largest absolute Gasteiger partial charge is 0.380 e. The van der Waals surface area contributed by atoms with Crippen molar-refractivity contribution in [3.63, 3.8) is 0 Å². The third kappa shape index (κ3) is 3.12. The molecule has 1 fully saturated rings. The first-order valence-corrected chi connectivity index (χ1v) is 9.01. The molecule has 5 heteroatoms. The first-order valence-electron chi connectivity index (χ1n) is 8.13. The number of ether oxygens (including phenoxy) is 1. The summed E-state index contributed by atoms with van der Waals surface area (Å²) in [6.07, 6.45) is 4.74. The SMILES string of the molecule is Cn1ncc2c1[C@H](COCC1CC1)CN(Cc1cccs1)C2. The Morgan fingerprint density at radius 2 is 2.27 bits per heavy atom. The van der Waals surface area contributed by atoms with Gasteiger partial charge in [-0.3, -0.25) is 9.58 Å². The molecule has 2 aromatic heterocycles.